The minimum Gasteiger partial charge on any atom is -0.434 e. The third kappa shape index (κ3) is 1.38. The molecule has 2 N–H and O–H groups in total. The molecular formula is C11H8N4O. The van der Waals surface area contributed by atoms with Crippen molar-refractivity contribution in [2.45, 2.75) is 0 Å². The number of aromatic nitrogens is 3. The Morgan fingerprint density at radius 2 is 2.06 bits per heavy atom. The molecular weight excluding hydrogens is 204 g/mol. The zero-order valence-corrected chi connectivity index (χ0v) is 8.29. The summed E-state index contributed by atoms with van der Waals surface area (Å²) < 4.78 is 5.55. The van der Waals surface area contributed by atoms with E-state index in [0.717, 1.165) is 5.56 Å². The fraction of sp³-hybridized carbons (Fsp3) is 0. The molecule has 0 bridgehead atoms. The van der Waals surface area contributed by atoms with Gasteiger partial charge < -0.3 is 10.2 Å². The topological polar surface area (TPSA) is 77.8 Å². The predicted octanol–water partition coefficient (Wildman–Crippen LogP) is 1.87. The van der Waals surface area contributed by atoms with E-state index < -0.39 is 0 Å². The van der Waals surface area contributed by atoms with Gasteiger partial charge in [-0.15, -0.1) is 0 Å². The second-order valence-electron chi connectivity index (χ2n) is 3.31. The summed E-state index contributed by atoms with van der Waals surface area (Å²) in [5.41, 5.74) is 7.64. The van der Waals surface area contributed by atoms with Crippen molar-refractivity contribution in [3.8, 4) is 11.5 Å². The van der Waals surface area contributed by atoms with Crippen molar-refractivity contribution in [2.75, 3.05) is 5.73 Å². The summed E-state index contributed by atoms with van der Waals surface area (Å²) in [6.45, 7) is 0. The number of anilines is 1. The molecule has 3 aromatic heterocycles. The lowest BCUT2D eigenvalue weighted by atomic mass is 10.2. The molecule has 3 aromatic rings. The molecule has 0 saturated carbocycles. The first-order chi connectivity index (χ1) is 7.83. The van der Waals surface area contributed by atoms with Gasteiger partial charge in [0.1, 0.15) is 5.82 Å². The molecule has 0 unspecified atom stereocenters. The highest BCUT2D eigenvalue weighted by Gasteiger charge is 2.08. The normalized spacial score (nSPS) is 10.8. The van der Waals surface area contributed by atoms with Crippen LogP contribution in [-0.2, 0) is 0 Å². The van der Waals surface area contributed by atoms with Crippen molar-refractivity contribution in [2.24, 2.45) is 0 Å². The number of hydrogen-bond donors (Lipinski definition) is 1. The van der Waals surface area contributed by atoms with Gasteiger partial charge in [0.05, 0.1) is 0 Å². The Morgan fingerprint density at radius 3 is 2.88 bits per heavy atom. The summed E-state index contributed by atoms with van der Waals surface area (Å²) in [5.74, 6) is 0.940. The summed E-state index contributed by atoms with van der Waals surface area (Å²) in [7, 11) is 0. The predicted molar refractivity (Wildman–Crippen MR) is 59.4 cm³/mol. The fourth-order valence-electron chi connectivity index (χ4n) is 1.47. The van der Waals surface area contributed by atoms with Gasteiger partial charge in [-0.25, -0.2) is 9.97 Å². The minimum atomic E-state index is 0.438. The van der Waals surface area contributed by atoms with E-state index in [4.69, 9.17) is 10.2 Å². The molecule has 5 heteroatoms. The molecule has 0 aliphatic heterocycles. The molecule has 16 heavy (non-hydrogen) atoms. The van der Waals surface area contributed by atoms with Crippen LogP contribution in [0.3, 0.4) is 0 Å². The van der Waals surface area contributed by atoms with Gasteiger partial charge in [-0.3, -0.25) is 0 Å². The smallest absolute Gasteiger partial charge is 0.229 e. The standard InChI is InChI=1S/C11H8N4O/c12-9-6-7(3-5-13-9)11-15-10-8(16-11)2-1-4-14-10/h1-6H,(H2,12,13). The quantitative estimate of drug-likeness (QED) is 0.666. The van der Waals surface area contributed by atoms with E-state index in [1.54, 1.807) is 30.6 Å². The summed E-state index contributed by atoms with van der Waals surface area (Å²) in [6, 6.07) is 7.13. The zero-order valence-electron chi connectivity index (χ0n) is 8.29. The average molecular weight is 212 g/mol. The van der Waals surface area contributed by atoms with Gasteiger partial charge in [0, 0.05) is 18.0 Å². The van der Waals surface area contributed by atoms with Gasteiger partial charge in [0.15, 0.2) is 11.2 Å². The number of nitrogens with two attached hydrogens (primary N) is 1. The number of hydrogen-bond acceptors (Lipinski definition) is 5. The van der Waals surface area contributed by atoms with Crippen LogP contribution in [0.15, 0.2) is 41.1 Å². The van der Waals surface area contributed by atoms with E-state index in [2.05, 4.69) is 15.0 Å². The molecule has 0 atom stereocenters. The number of pyridine rings is 2. The molecule has 3 rings (SSSR count). The van der Waals surface area contributed by atoms with Crippen LogP contribution >= 0.6 is 0 Å². The molecule has 0 aromatic carbocycles. The van der Waals surface area contributed by atoms with Gasteiger partial charge >= 0.3 is 0 Å². The first-order valence-electron chi connectivity index (χ1n) is 4.76. The van der Waals surface area contributed by atoms with Crippen LogP contribution < -0.4 is 5.73 Å². The largest absolute Gasteiger partial charge is 0.434 e. The van der Waals surface area contributed by atoms with E-state index in [1.165, 1.54) is 0 Å². The van der Waals surface area contributed by atoms with E-state index in [9.17, 15) is 0 Å². The van der Waals surface area contributed by atoms with Gasteiger partial charge in [-0.1, -0.05) is 0 Å². The molecule has 0 spiro atoms. The van der Waals surface area contributed by atoms with E-state index in [0.29, 0.717) is 22.9 Å². The van der Waals surface area contributed by atoms with Crippen LogP contribution in [0.25, 0.3) is 22.7 Å². The number of oxazole rings is 1. The van der Waals surface area contributed by atoms with Crippen molar-refractivity contribution < 1.29 is 4.42 Å². The highest BCUT2D eigenvalue weighted by atomic mass is 16.3. The first-order valence-corrected chi connectivity index (χ1v) is 4.76. The highest BCUT2D eigenvalue weighted by Crippen LogP contribution is 2.23. The van der Waals surface area contributed by atoms with Crippen LogP contribution in [0.1, 0.15) is 0 Å². The molecule has 5 nitrogen and oxygen atoms in total. The van der Waals surface area contributed by atoms with Crippen molar-refractivity contribution in [1.82, 2.24) is 15.0 Å². The molecule has 0 amide bonds. The van der Waals surface area contributed by atoms with Gasteiger partial charge in [0.25, 0.3) is 0 Å². The zero-order chi connectivity index (χ0) is 11.0. The Hall–Kier alpha value is -2.43. The molecule has 0 aliphatic rings. The van der Waals surface area contributed by atoms with Crippen LogP contribution in [0, 0.1) is 0 Å². The van der Waals surface area contributed by atoms with Gasteiger partial charge in [-0.2, -0.15) is 4.98 Å². The first kappa shape index (κ1) is 8.84. The molecule has 0 radical (unpaired) electrons. The summed E-state index contributed by atoms with van der Waals surface area (Å²) >= 11 is 0. The third-order valence-corrected chi connectivity index (χ3v) is 2.19. The van der Waals surface area contributed by atoms with Crippen molar-refractivity contribution >= 4 is 17.0 Å². The van der Waals surface area contributed by atoms with E-state index >= 15 is 0 Å². The lowest BCUT2D eigenvalue weighted by Crippen LogP contribution is -1.89. The number of fused-ring (bicyclic) bond motifs is 1. The summed E-state index contributed by atoms with van der Waals surface area (Å²) in [4.78, 5) is 12.3. The van der Waals surface area contributed by atoms with Crippen molar-refractivity contribution in [3.05, 3.63) is 36.7 Å². The third-order valence-electron chi connectivity index (χ3n) is 2.19. The van der Waals surface area contributed by atoms with Crippen molar-refractivity contribution in [3.63, 3.8) is 0 Å². The highest BCUT2D eigenvalue weighted by molar-refractivity contribution is 5.72. The van der Waals surface area contributed by atoms with Gasteiger partial charge in [0.2, 0.25) is 5.89 Å². The Balaban J connectivity index is 2.19. The van der Waals surface area contributed by atoms with Crippen LogP contribution in [0.4, 0.5) is 5.82 Å². The maximum atomic E-state index is 5.59. The van der Waals surface area contributed by atoms with Crippen LogP contribution in [-0.4, -0.2) is 15.0 Å². The van der Waals surface area contributed by atoms with E-state index in [-0.39, 0.29) is 0 Å². The molecule has 78 valence electrons. The maximum absolute atomic E-state index is 5.59. The molecule has 0 aliphatic carbocycles. The van der Waals surface area contributed by atoms with Gasteiger partial charge in [-0.05, 0) is 24.3 Å². The fourth-order valence-corrected chi connectivity index (χ4v) is 1.47. The van der Waals surface area contributed by atoms with Crippen molar-refractivity contribution in [1.29, 1.82) is 0 Å². The maximum Gasteiger partial charge on any atom is 0.229 e. The Bertz CT molecular complexity index is 614. The molecule has 3 heterocycles. The lowest BCUT2D eigenvalue weighted by Gasteiger charge is -1.95. The second kappa shape index (κ2) is 3.30. The Labute approximate surface area is 91.0 Å². The summed E-state index contributed by atoms with van der Waals surface area (Å²) in [5, 5.41) is 0. The molecule has 0 saturated heterocycles. The van der Waals surface area contributed by atoms with Crippen LogP contribution in [0.2, 0.25) is 0 Å². The minimum absolute atomic E-state index is 0.438. The van der Waals surface area contributed by atoms with E-state index in [1.807, 2.05) is 6.07 Å². The Kier molecular flexibility index (Phi) is 1.83. The average Bonchev–Trinajstić information content (AvgIpc) is 2.72. The number of nitrogen functional groups attached to an aromatic ring is 1. The monoisotopic (exact) mass is 212 g/mol. The Morgan fingerprint density at radius 1 is 1.12 bits per heavy atom. The summed E-state index contributed by atoms with van der Waals surface area (Å²) in [6.07, 6.45) is 3.29. The van der Waals surface area contributed by atoms with Crippen LogP contribution in [0.5, 0.6) is 0 Å². The second-order valence-corrected chi connectivity index (χ2v) is 3.31. The number of nitrogens with zero attached hydrogens (tertiary/aromatic N) is 3. The SMILES string of the molecule is Nc1cc(-c2nc3ncccc3o2)ccn1. The number of rotatable bonds is 1. The lowest BCUT2D eigenvalue weighted by molar-refractivity contribution is 0.619. The molecule has 0 fully saturated rings.